The van der Waals surface area contributed by atoms with Crippen LogP contribution in [0.4, 0.5) is 0 Å². The van der Waals surface area contributed by atoms with Crippen LogP contribution >= 0.6 is 27.5 Å². The third-order valence-corrected chi connectivity index (χ3v) is 4.61. The van der Waals surface area contributed by atoms with E-state index in [-0.39, 0.29) is 6.04 Å². The minimum atomic E-state index is 0.270. The second-order valence-electron chi connectivity index (χ2n) is 4.65. The van der Waals surface area contributed by atoms with Crippen molar-refractivity contribution in [3.8, 4) is 0 Å². The van der Waals surface area contributed by atoms with Gasteiger partial charge >= 0.3 is 0 Å². The molecule has 0 spiro atoms. The normalized spacial score (nSPS) is 12.4. The Labute approximate surface area is 128 Å². The van der Waals surface area contributed by atoms with E-state index in [1.165, 1.54) is 16.7 Å². The zero-order chi connectivity index (χ0) is 13.8. The summed E-state index contributed by atoms with van der Waals surface area (Å²) in [4.78, 5) is 0. The largest absolute Gasteiger partial charge is 0.313 e. The predicted molar refractivity (Wildman–Crippen MR) is 85.8 cm³/mol. The van der Waals surface area contributed by atoms with E-state index in [1.807, 2.05) is 19.2 Å². The van der Waals surface area contributed by atoms with Crippen molar-refractivity contribution in [1.29, 1.82) is 0 Å². The molecule has 3 heteroatoms. The summed E-state index contributed by atoms with van der Waals surface area (Å²) in [7, 11) is 1.99. The molecule has 0 amide bonds. The van der Waals surface area contributed by atoms with Gasteiger partial charge in [0, 0.05) is 10.5 Å². The van der Waals surface area contributed by atoms with Crippen molar-refractivity contribution >= 4 is 27.5 Å². The van der Waals surface area contributed by atoms with Gasteiger partial charge in [-0.1, -0.05) is 41.9 Å². The van der Waals surface area contributed by atoms with Crippen molar-refractivity contribution in [2.24, 2.45) is 0 Å². The summed E-state index contributed by atoms with van der Waals surface area (Å²) in [6, 6.07) is 14.9. The summed E-state index contributed by atoms with van der Waals surface area (Å²) < 4.78 is 0.934. The molecule has 100 valence electrons. The standard InChI is InChI=1S/C16H17BrClN/c1-11-5-3-4-6-12(11)10-16(19-2)13-7-8-14(17)15(18)9-13/h3-9,16,19H,10H2,1-2H3. The molecule has 0 fully saturated rings. The Balaban J connectivity index is 2.25. The first kappa shape index (κ1) is 14.6. The maximum atomic E-state index is 6.17. The predicted octanol–water partition coefficient (Wildman–Crippen LogP) is 4.91. The van der Waals surface area contributed by atoms with E-state index in [2.05, 4.69) is 58.5 Å². The zero-order valence-corrected chi connectivity index (χ0v) is 13.4. The highest BCUT2D eigenvalue weighted by atomic mass is 79.9. The maximum absolute atomic E-state index is 6.17. The van der Waals surface area contributed by atoms with Crippen LogP contribution in [0.25, 0.3) is 0 Å². The van der Waals surface area contributed by atoms with Crippen LogP contribution < -0.4 is 5.32 Å². The molecule has 2 aromatic carbocycles. The molecule has 2 aromatic rings. The number of aryl methyl sites for hydroxylation is 1. The van der Waals surface area contributed by atoms with E-state index >= 15 is 0 Å². The van der Waals surface area contributed by atoms with E-state index in [0.717, 1.165) is 15.9 Å². The van der Waals surface area contributed by atoms with Gasteiger partial charge in [-0.25, -0.2) is 0 Å². The first-order valence-electron chi connectivity index (χ1n) is 6.28. The van der Waals surface area contributed by atoms with Crippen molar-refractivity contribution in [2.45, 2.75) is 19.4 Å². The molecule has 0 saturated carbocycles. The zero-order valence-electron chi connectivity index (χ0n) is 11.1. The third kappa shape index (κ3) is 3.59. The van der Waals surface area contributed by atoms with Crippen molar-refractivity contribution in [3.05, 3.63) is 68.7 Å². The van der Waals surface area contributed by atoms with Gasteiger partial charge in [-0.3, -0.25) is 0 Å². The van der Waals surface area contributed by atoms with Gasteiger partial charge in [0.25, 0.3) is 0 Å². The number of rotatable bonds is 4. The average Bonchev–Trinajstić information content (AvgIpc) is 2.41. The van der Waals surface area contributed by atoms with E-state index in [9.17, 15) is 0 Å². The molecule has 2 rings (SSSR count). The van der Waals surface area contributed by atoms with Crippen LogP contribution in [0.2, 0.25) is 5.02 Å². The van der Waals surface area contributed by atoms with Gasteiger partial charge in [-0.2, -0.15) is 0 Å². The minimum Gasteiger partial charge on any atom is -0.313 e. The van der Waals surface area contributed by atoms with Crippen molar-refractivity contribution < 1.29 is 0 Å². The highest BCUT2D eigenvalue weighted by molar-refractivity contribution is 9.10. The second kappa shape index (κ2) is 6.56. The molecule has 1 atom stereocenters. The molecule has 1 unspecified atom stereocenters. The average molecular weight is 339 g/mol. The van der Waals surface area contributed by atoms with Crippen molar-refractivity contribution in [3.63, 3.8) is 0 Å². The van der Waals surface area contributed by atoms with Gasteiger partial charge in [0.1, 0.15) is 0 Å². The molecule has 19 heavy (non-hydrogen) atoms. The number of hydrogen-bond donors (Lipinski definition) is 1. The van der Waals surface area contributed by atoms with Gasteiger partial charge in [0.15, 0.2) is 0 Å². The Bertz CT molecular complexity index is 568. The number of likely N-dealkylation sites (N-methyl/N-ethyl adjacent to an activating group) is 1. The van der Waals surface area contributed by atoms with Crippen LogP contribution in [-0.2, 0) is 6.42 Å². The van der Waals surface area contributed by atoms with E-state index < -0.39 is 0 Å². The van der Waals surface area contributed by atoms with E-state index in [0.29, 0.717) is 0 Å². The maximum Gasteiger partial charge on any atom is 0.0551 e. The van der Waals surface area contributed by atoms with Crippen LogP contribution in [0.5, 0.6) is 0 Å². The molecule has 1 nitrogen and oxygen atoms in total. The molecule has 0 bridgehead atoms. The summed E-state index contributed by atoms with van der Waals surface area (Å²) in [5, 5.41) is 4.12. The Morgan fingerprint density at radius 3 is 2.58 bits per heavy atom. The van der Waals surface area contributed by atoms with E-state index in [4.69, 9.17) is 11.6 Å². The molecule has 0 aliphatic carbocycles. The molecule has 0 heterocycles. The van der Waals surface area contributed by atoms with Crippen LogP contribution in [0.1, 0.15) is 22.7 Å². The SMILES string of the molecule is CNC(Cc1ccccc1C)c1ccc(Br)c(Cl)c1. The third-order valence-electron chi connectivity index (χ3n) is 3.38. The molecule has 0 aliphatic heterocycles. The Morgan fingerprint density at radius 2 is 1.95 bits per heavy atom. The van der Waals surface area contributed by atoms with Gasteiger partial charge in [0.2, 0.25) is 0 Å². The summed E-state index contributed by atoms with van der Waals surface area (Å²) in [6.45, 7) is 2.15. The highest BCUT2D eigenvalue weighted by Gasteiger charge is 2.12. The summed E-state index contributed by atoms with van der Waals surface area (Å²) in [6.07, 6.45) is 0.959. The van der Waals surface area contributed by atoms with Gasteiger partial charge < -0.3 is 5.32 Å². The molecule has 0 saturated heterocycles. The summed E-state index contributed by atoms with van der Waals surface area (Å²) in [5.74, 6) is 0. The Hall–Kier alpha value is -0.830. The fourth-order valence-corrected chi connectivity index (χ4v) is 2.61. The lowest BCUT2D eigenvalue weighted by Gasteiger charge is -2.18. The van der Waals surface area contributed by atoms with E-state index in [1.54, 1.807) is 0 Å². The topological polar surface area (TPSA) is 12.0 Å². The molecular formula is C16H17BrClN. The van der Waals surface area contributed by atoms with Gasteiger partial charge in [-0.15, -0.1) is 0 Å². The molecule has 0 radical (unpaired) electrons. The second-order valence-corrected chi connectivity index (χ2v) is 5.91. The van der Waals surface area contributed by atoms with Gasteiger partial charge in [-0.05, 0) is 65.1 Å². The summed E-state index contributed by atoms with van der Waals surface area (Å²) >= 11 is 9.60. The number of hydrogen-bond acceptors (Lipinski definition) is 1. The van der Waals surface area contributed by atoms with Crippen LogP contribution in [0, 0.1) is 6.92 Å². The summed E-state index contributed by atoms with van der Waals surface area (Å²) in [5.41, 5.74) is 3.89. The number of nitrogens with one attached hydrogen (secondary N) is 1. The minimum absolute atomic E-state index is 0.270. The lowest BCUT2D eigenvalue weighted by molar-refractivity contribution is 0.590. The molecule has 0 aliphatic rings. The Kier molecular flexibility index (Phi) is 5.03. The fourth-order valence-electron chi connectivity index (χ4n) is 2.17. The smallest absolute Gasteiger partial charge is 0.0551 e. The lowest BCUT2D eigenvalue weighted by atomic mass is 9.96. The monoisotopic (exact) mass is 337 g/mol. The van der Waals surface area contributed by atoms with Crippen molar-refractivity contribution in [1.82, 2.24) is 5.32 Å². The lowest BCUT2D eigenvalue weighted by Crippen LogP contribution is -2.19. The van der Waals surface area contributed by atoms with Crippen LogP contribution in [-0.4, -0.2) is 7.05 Å². The molecular weight excluding hydrogens is 322 g/mol. The number of benzene rings is 2. The Morgan fingerprint density at radius 1 is 1.21 bits per heavy atom. The fraction of sp³-hybridized carbons (Fsp3) is 0.250. The highest BCUT2D eigenvalue weighted by Crippen LogP contribution is 2.27. The van der Waals surface area contributed by atoms with Crippen LogP contribution in [0.15, 0.2) is 46.9 Å². The van der Waals surface area contributed by atoms with Crippen molar-refractivity contribution in [2.75, 3.05) is 7.05 Å². The molecule has 0 aromatic heterocycles. The molecule has 1 N–H and O–H groups in total. The first-order chi connectivity index (χ1) is 9.11. The quantitative estimate of drug-likeness (QED) is 0.835. The first-order valence-corrected chi connectivity index (χ1v) is 7.45. The van der Waals surface area contributed by atoms with Crippen LogP contribution in [0.3, 0.4) is 0 Å². The number of halogens is 2. The van der Waals surface area contributed by atoms with Gasteiger partial charge in [0.05, 0.1) is 5.02 Å².